The Kier molecular flexibility index (Phi) is 5.86. The fourth-order valence-corrected chi connectivity index (χ4v) is 3.41. The van der Waals surface area contributed by atoms with Crippen LogP contribution in [0.2, 0.25) is 0 Å². The summed E-state index contributed by atoms with van der Waals surface area (Å²) in [4.78, 5) is 14.7. The van der Waals surface area contributed by atoms with Gasteiger partial charge in [-0.1, -0.05) is 25.0 Å². The lowest BCUT2D eigenvalue weighted by molar-refractivity contribution is -0.116. The molecule has 1 N–H and O–H groups in total. The number of hydrogen-bond donors (Lipinski definition) is 1. The number of benzene rings is 1. The Morgan fingerprint density at radius 2 is 2.04 bits per heavy atom. The van der Waals surface area contributed by atoms with Gasteiger partial charge < -0.3 is 9.73 Å². The normalized spacial score (nSPS) is 14.6. The molecular formula is C20H23N3O2. The van der Waals surface area contributed by atoms with Crippen LogP contribution in [0.5, 0.6) is 0 Å². The summed E-state index contributed by atoms with van der Waals surface area (Å²) in [5.41, 5.74) is 1.06. The monoisotopic (exact) mass is 337 g/mol. The second kappa shape index (κ2) is 8.50. The van der Waals surface area contributed by atoms with Crippen LogP contribution in [0.1, 0.15) is 43.4 Å². The van der Waals surface area contributed by atoms with E-state index in [2.05, 4.69) is 16.3 Å². The lowest BCUT2D eigenvalue weighted by Crippen LogP contribution is -2.35. The molecule has 5 nitrogen and oxygen atoms in total. The highest BCUT2D eigenvalue weighted by molar-refractivity contribution is 5.92. The van der Waals surface area contributed by atoms with E-state index in [-0.39, 0.29) is 5.91 Å². The van der Waals surface area contributed by atoms with Crippen LogP contribution in [0.25, 0.3) is 0 Å². The van der Waals surface area contributed by atoms with Crippen LogP contribution in [0.4, 0.5) is 5.69 Å². The Hall–Kier alpha value is -2.58. The predicted octanol–water partition coefficient (Wildman–Crippen LogP) is 3.92. The van der Waals surface area contributed by atoms with E-state index in [1.807, 2.05) is 18.2 Å². The minimum absolute atomic E-state index is 0.0647. The van der Waals surface area contributed by atoms with E-state index in [9.17, 15) is 4.79 Å². The molecule has 1 fully saturated rings. The number of carbonyl (C=O) groups excluding carboxylic acids is 1. The van der Waals surface area contributed by atoms with Gasteiger partial charge >= 0.3 is 0 Å². The standard InChI is InChI=1S/C20H23N3O2/c21-14-16-6-1-4-10-19(16)22-20(24)11-12-23(17-7-2-3-8-17)15-18-9-5-13-25-18/h1,4-6,9-10,13,17H,2-3,7-8,11-12,15H2,(H,22,24). The summed E-state index contributed by atoms with van der Waals surface area (Å²) in [5, 5.41) is 12.0. The van der Waals surface area contributed by atoms with Gasteiger partial charge in [0.2, 0.25) is 5.91 Å². The van der Waals surface area contributed by atoms with Crippen LogP contribution in [0.3, 0.4) is 0 Å². The van der Waals surface area contributed by atoms with Gasteiger partial charge in [-0.3, -0.25) is 9.69 Å². The van der Waals surface area contributed by atoms with Crippen molar-refractivity contribution in [3.8, 4) is 6.07 Å². The van der Waals surface area contributed by atoms with Gasteiger partial charge in [-0.2, -0.15) is 5.26 Å². The first-order valence-corrected chi connectivity index (χ1v) is 8.81. The third kappa shape index (κ3) is 4.71. The highest BCUT2D eigenvalue weighted by Gasteiger charge is 2.23. The summed E-state index contributed by atoms with van der Waals surface area (Å²) < 4.78 is 5.48. The van der Waals surface area contributed by atoms with E-state index < -0.39 is 0 Å². The predicted molar refractivity (Wildman–Crippen MR) is 95.8 cm³/mol. The summed E-state index contributed by atoms with van der Waals surface area (Å²) >= 11 is 0. The molecule has 0 spiro atoms. The second-order valence-corrected chi connectivity index (χ2v) is 6.44. The number of carbonyl (C=O) groups is 1. The average Bonchev–Trinajstić information content (AvgIpc) is 3.32. The zero-order valence-electron chi connectivity index (χ0n) is 14.3. The highest BCUT2D eigenvalue weighted by atomic mass is 16.3. The highest BCUT2D eigenvalue weighted by Crippen LogP contribution is 2.25. The van der Waals surface area contributed by atoms with Crippen molar-refractivity contribution in [1.29, 1.82) is 5.26 Å². The largest absolute Gasteiger partial charge is 0.468 e. The quantitative estimate of drug-likeness (QED) is 0.831. The summed E-state index contributed by atoms with van der Waals surface area (Å²) in [7, 11) is 0. The van der Waals surface area contributed by atoms with Crippen molar-refractivity contribution >= 4 is 11.6 Å². The van der Waals surface area contributed by atoms with Crippen molar-refractivity contribution in [1.82, 2.24) is 4.90 Å². The van der Waals surface area contributed by atoms with E-state index in [4.69, 9.17) is 9.68 Å². The number of nitrogens with zero attached hydrogens (tertiary/aromatic N) is 2. The molecule has 1 amide bonds. The van der Waals surface area contributed by atoms with Crippen molar-refractivity contribution < 1.29 is 9.21 Å². The van der Waals surface area contributed by atoms with E-state index >= 15 is 0 Å². The van der Waals surface area contributed by atoms with E-state index in [1.165, 1.54) is 25.7 Å². The number of hydrogen-bond acceptors (Lipinski definition) is 4. The minimum atomic E-state index is -0.0647. The molecule has 5 heteroatoms. The molecule has 1 aromatic heterocycles. The van der Waals surface area contributed by atoms with Crippen molar-refractivity contribution in [2.45, 2.75) is 44.7 Å². The van der Waals surface area contributed by atoms with Gasteiger partial charge in [0.1, 0.15) is 11.8 Å². The average molecular weight is 337 g/mol. The maximum absolute atomic E-state index is 12.3. The van der Waals surface area contributed by atoms with E-state index in [0.717, 1.165) is 12.3 Å². The maximum Gasteiger partial charge on any atom is 0.225 e. The Morgan fingerprint density at radius 3 is 2.76 bits per heavy atom. The first-order valence-electron chi connectivity index (χ1n) is 8.81. The fraction of sp³-hybridized carbons (Fsp3) is 0.400. The zero-order valence-corrected chi connectivity index (χ0v) is 14.3. The molecule has 0 bridgehead atoms. The smallest absolute Gasteiger partial charge is 0.225 e. The first kappa shape index (κ1) is 17.2. The summed E-state index contributed by atoms with van der Waals surface area (Å²) in [5.74, 6) is 0.868. The Bertz CT molecular complexity index is 728. The number of nitriles is 1. The van der Waals surface area contributed by atoms with Gasteiger partial charge in [-0.25, -0.2) is 0 Å². The van der Waals surface area contributed by atoms with Gasteiger partial charge in [0, 0.05) is 19.0 Å². The van der Waals surface area contributed by atoms with Crippen molar-refractivity contribution in [2.75, 3.05) is 11.9 Å². The molecule has 1 saturated carbocycles. The molecule has 0 atom stereocenters. The van der Waals surface area contributed by atoms with Crippen molar-refractivity contribution in [3.63, 3.8) is 0 Å². The molecule has 1 heterocycles. The van der Waals surface area contributed by atoms with Crippen molar-refractivity contribution in [2.24, 2.45) is 0 Å². The zero-order chi connectivity index (χ0) is 17.5. The summed E-state index contributed by atoms with van der Waals surface area (Å²) in [6, 6.07) is 13.6. The van der Waals surface area contributed by atoms with Gasteiger partial charge in [0.05, 0.1) is 24.1 Å². The van der Waals surface area contributed by atoms with Crippen LogP contribution in [-0.4, -0.2) is 23.4 Å². The van der Waals surface area contributed by atoms with Gasteiger partial charge in [-0.05, 0) is 37.1 Å². The Labute approximate surface area is 148 Å². The SMILES string of the molecule is N#Cc1ccccc1NC(=O)CCN(Cc1ccco1)C1CCCC1. The summed E-state index contributed by atoms with van der Waals surface area (Å²) in [6.45, 7) is 1.42. The van der Waals surface area contributed by atoms with Crippen LogP contribution in [-0.2, 0) is 11.3 Å². The van der Waals surface area contributed by atoms with Gasteiger partial charge in [-0.15, -0.1) is 0 Å². The molecular weight excluding hydrogens is 314 g/mol. The van der Waals surface area contributed by atoms with E-state index in [0.29, 0.717) is 30.3 Å². The topological polar surface area (TPSA) is 69.3 Å². The molecule has 0 radical (unpaired) electrons. The molecule has 0 saturated heterocycles. The maximum atomic E-state index is 12.3. The number of rotatable bonds is 7. The lowest BCUT2D eigenvalue weighted by Gasteiger charge is -2.27. The Morgan fingerprint density at radius 1 is 1.24 bits per heavy atom. The number of para-hydroxylation sites is 1. The van der Waals surface area contributed by atoms with E-state index in [1.54, 1.807) is 24.5 Å². The number of furan rings is 1. The second-order valence-electron chi connectivity index (χ2n) is 6.44. The molecule has 3 rings (SSSR count). The van der Waals surface area contributed by atoms with Crippen molar-refractivity contribution in [3.05, 3.63) is 54.0 Å². The Balaban J connectivity index is 1.58. The minimum Gasteiger partial charge on any atom is -0.468 e. The van der Waals surface area contributed by atoms with Crippen LogP contribution < -0.4 is 5.32 Å². The van der Waals surface area contributed by atoms with Gasteiger partial charge in [0.15, 0.2) is 0 Å². The molecule has 130 valence electrons. The number of nitrogens with one attached hydrogen (secondary N) is 1. The van der Waals surface area contributed by atoms with Gasteiger partial charge in [0.25, 0.3) is 0 Å². The molecule has 0 unspecified atom stereocenters. The molecule has 1 aliphatic carbocycles. The third-order valence-corrected chi connectivity index (χ3v) is 4.73. The third-order valence-electron chi connectivity index (χ3n) is 4.73. The number of anilines is 1. The molecule has 0 aliphatic heterocycles. The lowest BCUT2D eigenvalue weighted by atomic mass is 10.1. The fourth-order valence-electron chi connectivity index (χ4n) is 3.41. The number of amides is 1. The van der Waals surface area contributed by atoms with Crippen LogP contribution in [0, 0.1) is 11.3 Å². The molecule has 1 aromatic carbocycles. The molecule has 25 heavy (non-hydrogen) atoms. The summed E-state index contributed by atoms with van der Waals surface area (Å²) in [6.07, 6.45) is 6.95. The van der Waals surface area contributed by atoms with Crippen LogP contribution in [0.15, 0.2) is 47.1 Å². The first-order chi connectivity index (χ1) is 12.3. The molecule has 2 aromatic rings. The molecule has 1 aliphatic rings. The van der Waals surface area contributed by atoms with Crippen LogP contribution >= 0.6 is 0 Å².